The average Bonchev–Trinajstić information content (AvgIpc) is 2.92. The summed E-state index contributed by atoms with van der Waals surface area (Å²) in [5.41, 5.74) is 8.12. The van der Waals surface area contributed by atoms with Crippen LogP contribution in [-0.4, -0.2) is 25.0 Å². The van der Waals surface area contributed by atoms with Gasteiger partial charge in [0.05, 0.1) is 18.5 Å². The van der Waals surface area contributed by atoms with E-state index in [4.69, 9.17) is 15.6 Å². The van der Waals surface area contributed by atoms with Crippen molar-refractivity contribution in [2.24, 2.45) is 16.8 Å². The molecule has 0 aliphatic carbocycles. The van der Waals surface area contributed by atoms with Crippen molar-refractivity contribution in [3.05, 3.63) is 60.2 Å². The fourth-order valence-corrected chi connectivity index (χ4v) is 2.84. The standard InChI is InChI=1S/C18H20N4O2/c1-12-16(13-8-10-15(24-2)11-9-13)21-22(17(12)20-18(19)23)14-6-4-3-5-7-14/h3-12,17H,1-2H3,(H3,19,20,23). The molecule has 0 fully saturated rings. The van der Waals surface area contributed by atoms with Gasteiger partial charge in [0.25, 0.3) is 0 Å². The SMILES string of the molecule is COc1ccc(C2=NN(c3ccccc3)C(NC(N)=O)C2C)cc1. The lowest BCUT2D eigenvalue weighted by molar-refractivity contribution is 0.243. The van der Waals surface area contributed by atoms with Gasteiger partial charge in [-0.2, -0.15) is 5.10 Å². The van der Waals surface area contributed by atoms with Gasteiger partial charge in [-0.25, -0.2) is 9.80 Å². The molecule has 3 N–H and O–H groups in total. The minimum Gasteiger partial charge on any atom is -0.497 e. The number of benzene rings is 2. The van der Waals surface area contributed by atoms with Crippen LogP contribution in [0.15, 0.2) is 59.7 Å². The first-order valence-electron chi connectivity index (χ1n) is 7.73. The number of carbonyl (C=O) groups is 1. The number of nitrogens with two attached hydrogens (primary N) is 1. The van der Waals surface area contributed by atoms with E-state index >= 15 is 0 Å². The molecular formula is C18H20N4O2. The number of anilines is 1. The number of methoxy groups -OCH3 is 1. The number of ether oxygens (including phenoxy) is 1. The van der Waals surface area contributed by atoms with Crippen LogP contribution in [0, 0.1) is 5.92 Å². The number of urea groups is 1. The summed E-state index contributed by atoms with van der Waals surface area (Å²) in [7, 11) is 1.63. The molecule has 0 bridgehead atoms. The molecule has 0 saturated carbocycles. The maximum absolute atomic E-state index is 11.4. The maximum Gasteiger partial charge on any atom is 0.313 e. The second-order valence-electron chi connectivity index (χ2n) is 5.64. The normalized spacial score (nSPS) is 19.8. The van der Waals surface area contributed by atoms with Crippen LogP contribution in [0.4, 0.5) is 10.5 Å². The van der Waals surface area contributed by atoms with Gasteiger partial charge in [0.2, 0.25) is 0 Å². The highest BCUT2D eigenvalue weighted by Gasteiger charge is 2.36. The van der Waals surface area contributed by atoms with Crippen molar-refractivity contribution in [3.8, 4) is 5.75 Å². The fourth-order valence-electron chi connectivity index (χ4n) is 2.84. The summed E-state index contributed by atoms with van der Waals surface area (Å²) in [6.07, 6.45) is -0.331. The first-order valence-corrected chi connectivity index (χ1v) is 7.73. The molecule has 2 amide bonds. The van der Waals surface area contributed by atoms with Gasteiger partial charge < -0.3 is 15.8 Å². The second-order valence-corrected chi connectivity index (χ2v) is 5.64. The van der Waals surface area contributed by atoms with Gasteiger partial charge in [-0.1, -0.05) is 25.1 Å². The number of hydrogen-bond donors (Lipinski definition) is 2. The summed E-state index contributed by atoms with van der Waals surface area (Å²) in [5, 5.41) is 9.33. The Labute approximate surface area is 140 Å². The molecule has 0 saturated heterocycles. The van der Waals surface area contributed by atoms with Crippen LogP contribution >= 0.6 is 0 Å². The Hall–Kier alpha value is -3.02. The van der Waals surface area contributed by atoms with Crippen LogP contribution < -0.4 is 20.8 Å². The molecule has 6 heteroatoms. The van der Waals surface area contributed by atoms with Crippen LogP contribution in [0.2, 0.25) is 0 Å². The summed E-state index contributed by atoms with van der Waals surface area (Å²) in [6.45, 7) is 2.02. The smallest absolute Gasteiger partial charge is 0.313 e. The molecule has 2 aromatic rings. The quantitative estimate of drug-likeness (QED) is 0.907. The number of primary amides is 1. The topological polar surface area (TPSA) is 79.9 Å². The van der Waals surface area contributed by atoms with E-state index in [0.717, 1.165) is 22.7 Å². The van der Waals surface area contributed by atoms with Gasteiger partial charge >= 0.3 is 6.03 Å². The van der Waals surface area contributed by atoms with Gasteiger partial charge in [-0.15, -0.1) is 0 Å². The molecule has 6 nitrogen and oxygen atoms in total. The zero-order valence-electron chi connectivity index (χ0n) is 13.6. The molecule has 1 aliphatic rings. The lowest BCUT2D eigenvalue weighted by Gasteiger charge is -2.26. The number of para-hydroxylation sites is 1. The van der Waals surface area contributed by atoms with Crippen molar-refractivity contribution in [2.75, 3.05) is 12.1 Å². The third-order valence-electron chi connectivity index (χ3n) is 4.08. The fraction of sp³-hybridized carbons (Fsp3) is 0.222. The third kappa shape index (κ3) is 3.03. The van der Waals surface area contributed by atoms with E-state index in [9.17, 15) is 4.79 Å². The largest absolute Gasteiger partial charge is 0.497 e. The summed E-state index contributed by atoms with van der Waals surface area (Å²) < 4.78 is 5.20. The number of amides is 2. The maximum atomic E-state index is 11.4. The Morgan fingerprint density at radius 3 is 2.42 bits per heavy atom. The van der Waals surface area contributed by atoms with Crippen molar-refractivity contribution in [1.29, 1.82) is 0 Å². The van der Waals surface area contributed by atoms with E-state index in [0.29, 0.717) is 0 Å². The van der Waals surface area contributed by atoms with Crippen molar-refractivity contribution in [3.63, 3.8) is 0 Å². The zero-order chi connectivity index (χ0) is 17.1. The highest BCUT2D eigenvalue weighted by molar-refractivity contribution is 6.05. The summed E-state index contributed by atoms with van der Waals surface area (Å²) >= 11 is 0. The van der Waals surface area contributed by atoms with E-state index in [1.165, 1.54) is 0 Å². The predicted molar refractivity (Wildman–Crippen MR) is 94.1 cm³/mol. The van der Waals surface area contributed by atoms with Gasteiger partial charge in [0, 0.05) is 5.92 Å². The number of nitrogens with one attached hydrogen (secondary N) is 1. The molecule has 2 aromatic carbocycles. The molecule has 24 heavy (non-hydrogen) atoms. The van der Waals surface area contributed by atoms with Crippen LogP contribution in [0.1, 0.15) is 12.5 Å². The van der Waals surface area contributed by atoms with Crippen molar-refractivity contribution < 1.29 is 9.53 Å². The van der Waals surface area contributed by atoms with E-state index in [2.05, 4.69) is 5.32 Å². The second kappa shape index (κ2) is 6.62. The van der Waals surface area contributed by atoms with Gasteiger partial charge in [0.15, 0.2) is 0 Å². The van der Waals surface area contributed by atoms with Crippen LogP contribution in [0.3, 0.4) is 0 Å². The average molecular weight is 324 g/mol. The summed E-state index contributed by atoms with van der Waals surface area (Å²) in [5.74, 6) is 0.767. The lowest BCUT2D eigenvalue weighted by atomic mass is 9.96. The first-order chi connectivity index (χ1) is 11.6. The molecule has 3 rings (SSSR count). The molecular weight excluding hydrogens is 304 g/mol. The molecule has 2 atom stereocenters. The van der Waals surface area contributed by atoms with Crippen molar-refractivity contribution in [1.82, 2.24) is 5.32 Å². The Balaban J connectivity index is 1.97. The minimum atomic E-state index is -0.570. The zero-order valence-corrected chi connectivity index (χ0v) is 13.6. The number of carbonyl (C=O) groups excluding carboxylic acids is 1. The number of nitrogens with zero attached hydrogens (tertiary/aromatic N) is 2. The van der Waals surface area contributed by atoms with E-state index < -0.39 is 6.03 Å². The number of rotatable bonds is 4. The molecule has 0 spiro atoms. The molecule has 1 aliphatic heterocycles. The number of hydrogen-bond acceptors (Lipinski definition) is 4. The Morgan fingerprint density at radius 2 is 1.83 bits per heavy atom. The monoisotopic (exact) mass is 324 g/mol. The van der Waals surface area contributed by atoms with E-state index in [-0.39, 0.29) is 12.1 Å². The van der Waals surface area contributed by atoms with Gasteiger partial charge in [-0.3, -0.25) is 0 Å². The lowest BCUT2D eigenvalue weighted by Crippen LogP contribution is -2.49. The molecule has 2 unspecified atom stereocenters. The van der Waals surface area contributed by atoms with Crippen molar-refractivity contribution >= 4 is 17.4 Å². The highest BCUT2D eigenvalue weighted by Crippen LogP contribution is 2.29. The molecule has 0 radical (unpaired) electrons. The van der Waals surface area contributed by atoms with Crippen LogP contribution in [0.5, 0.6) is 5.75 Å². The Kier molecular flexibility index (Phi) is 4.37. The molecule has 0 aromatic heterocycles. The summed E-state index contributed by atoms with van der Waals surface area (Å²) in [6, 6.07) is 16.8. The van der Waals surface area contributed by atoms with E-state index in [1.807, 2.05) is 61.5 Å². The van der Waals surface area contributed by atoms with Crippen LogP contribution in [0.25, 0.3) is 0 Å². The number of hydrazone groups is 1. The third-order valence-corrected chi connectivity index (χ3v) is 4.08. The van der Waals surface area contributed by atoms with Gasteiger partial charge in [0.1, 0.15) is 11.9 Å². The highest BCUT2D eigenvalue weighted by atomic mass is 16.5. The molecule has 1 heterocycles. The Bertz CT molecular complexity index is 743. The Morgan fingerprint density at radius 1 is 1.17 bits per heavy atom. The predicted octanol–water partition coefficient (Wildman–Crippen LogP) is 2.55. The molecule has 124 valence electrons. The van der Waals surface area contributed by atoms with E-state index in [1.54, 1.807) is 12.1 Å². The first kappa shape index (κ1) is 15.9. The summed E-state index contributed by atoms with van der Waals surface area (Å²) in [4.78, 5) is 11.4. The van der Waals surface area contributed by atoms with Crippen LogP contribution in [-0.2, 0) is 0 Å². The van der Waals surface area contributed by atoms with Crippen molar-refractivity contribution in [2.45, 2.75) is 13.1 Å². The minimum absolute atomic E-state index is 0.0221. The van der Waals surface area contributed by atoms with Gasteiger partial charge in [-0.05, 0) is 42.0 Å².